The summed E-state index contributed by atoms with van der Waals surface area (Å²) in [7, 11) is 1.31. The molecule has 1 unspecified atom stereocenters. The largest absolute Gasteiger partial charge is 0.466 e. The first-order valence-electron chi connectivity index (χ1n) is 7.78. The van der Waals surface area contributed by atoms with Gasteiger partial charge in [0.05, 0.1) is 23.1 Å². The molecule has 0 saturated heterocycles. The minimum absolute atomic E-state index is 0.0688. The van der Waals surface area contributed by atoms with Gasteiger partial charge in [-0.25, -0.2) is 9.18 Å². The van der Waals surface area contributed by atoms with E-state index in [4.69, 9.17) is 4.74 Å². The summed E-state index contributed by atoms with van der Waals surface area (Å²) in [6.45, 7) is 1.75. The number of methoxy groups -OCH3 is 1. The van der Waals surface area contributed by atoms with E-state index in [9.17, 15) is 14.0 Å². The maximum Gasteiger partial charge on any atom is 0.336 e. The zero-order chi connectivity index (χ0) is 17.4. The predicted octanol–water partition coefficient (Wildman–Crippen LogP) is 3.94. The predicted molar refractivity (Wildman–Crippen MR) is 91.3 cm³/mol. The van der Waals surface area contributed by atoms with Gasteiger partial charge in [0, 0.05) is 23.7 Å². The van der Waals surface area contributed by atoms with E-state index < -0.39 is 23.6 Å². The Balaban J connectivity index is 2.19. The number of hydrogen-bond acceptors (Lipinski definition) is 4. The molecule has 1 fully saturated rings. The average Bonchev–Trinajstić information content (AvgIpc) is 2.55. The van der Waals surface area contributed by atoms with Gasteiger partial charge < -0.3 is 4.74 Å². The summed E-state index contributed by atoms with van der Waals surface area (Å²) in [4.78, 5) is 29.4. The Kier molecular flexibility index (Phi) is 4.67. The Labute approximate surface area is 147 Å². The van der Waals surface area contributed by atoms with Crippen LogP contribution in [0.4, 0.5) is 4.39 Å². The lowest BCUT2D eigenvalue weighted by molar-refractivity contribution is -0.136. The van der Waals surface area contributed by atoms with Crippen molar-refractivity contribution >= 4 is 33.4 Å². The third-order valence-electron chi connectivity index (χ3n) is 4.62. The molecular formula is C18H17BrFNO3. The zero-order valence-electron chi connectivity index (χ0n) is 13.4. The number of carbonyl (C=O) groups excluding carboxylic acids is 2. The van der Waals surface area contributed by atoms with E-state index in [1.54, 1.807) is 19.1 Å². The highest BCUT2D eigenvalue weighted by Gasteiger charge is 2.43. The molecule has 0 radical (unpaired) electrons. The number of benzene rings is 1. The van der Waals surface area contributed by atoms with E-state index in [2.05, 4.69) is 20.9 Å². The third-order valence-corrected chi connectivity index (χ3v) is 5.22. The lowest BCUT2D eigenvalue weighted by Crippen LogP contribution is -2.39. The Morgan fingerprint density at radius 2 is 2.08 bits per heavy atom. The third kappa shape index (κ3) is 2.83. The standard InChI is InChI=1S/C18H17BrFNO3/c1-9-15(18(23)24-2)16(10-6-7-12(20)11(19)8-10)17-13(21-9)4-3-5-14(17)22/h6-8,16-17H,3-5H2,1-2H3/t16-,17?/m0/s1. The van der Waals surface area contributed by atoms with Gasteiger partial charge in [0.25, 0.3) is 0 Å². The van der Waals surface area contributed by atoms with Crippen LogP contribution in [0.25, 0.3) is 0 Å². The van der Waals surface area contributed by atoms with Gasteiger partial charge in [-0.2, -0.15) is 0 Å². The molecule has 2 aliphatic rings. The van der Waals surface area contributed by atoms with Gasteiger partial charge in [-0.05, 0) is 53.4 Å². The van der Waals surface area contributed by atoms with E-state index >= 15 is 0 Å². The first kappa shape index (κ1) is 17.0. The highest BCUT2D eigenvalue weighted by atomic mass is 79.9. The number of rotatable bonds is 2. The number of Topliss-reactive ketones (excluding diaryl/α,β-unsaturated/α-hetero) is 1. The molecule has 3 rings (SSSR count). The van der Waals surface area contributed by atoms with Crippen LogP contribution in [-0.2, 0) is 14.3 Å². The van der Waals surface area contributed by atoms with Crippen molar-refractivity contribution in [1.29, 1.82) is 0 Å². The van der Waals surface area contributed by atoms with Crippen molar-refractivity contribution in [3.8, 4) is 0 Å². The molecule has 24 heavy (non-hydrogen) atoms. The maximum atomic E-state index is 13.6. The summed E-state index contributed by atoms with van der Waals surface area (Å²) in [5, 5.41) is 0. The second-order valence-corrected chi connectivity index (χ2v) is 6.90. The van der Waals surface area contributed by atoms with Gasteiger partial charge in [-0.1, -0.05) is 6.07 Å². The zero-order valence-corrected chi connectivity index (χ0v) is 15.0. The normalized spacial score (nSPS) is 23.7. The van der Waals surface area contributed by atoms with Gasteiger partial charge in [-0.3, -0.25) is 9.79 Å². The van der Waals surface area contributed by atoms with Gasteiger partial charge in [0.2, 0.25) is 0 Å². The van der Waals surface area contributed by atoms with E-state index in [1.165, 1.54) is 13.2 Å². The highest BCUT2D eigenvalue weighted by molar-refractivity contribution is 9.10. The smallest absolute Gasteiger partial charge is 0.336 e. The van der Waals surface area contributed by atoms with Crippen LogP contribution in [0.1, 0.15) is 37.7 Å². The summed E-state index contributed by atoms with van der Waals surface area (Å²) < 4.78 is 18.9. The fourth-order valence-electron chi connectivity index (χ4n) is 3.56. The number of allylic oxidation sites excluding steroid dienone is 1. The lowest BCUT2D eigenvalue weighted by Gasteiger charge is -2.35. The van der Waals surface area contributed by atoms with Crippen molar-refractivity contribution < 1.29 is 18.7 Å². The van der Waals surface area contributed by atoms with Crippen molar-refractivity contribution in [3.63, 3.8) is 0 Å². The summed E-state index contributed by atoms with van der Waals surface area (Å²) in [6, 6.07) is 4.58. The summed E-state index contributed by atoms with van der Waals surface area (Å²) in [5.74, 6) is -1.79. The van der Waals surface area contributed by atoms with E-state index in [-0.39, 0.29) is 5.78 Å². The first-order valence-corrected chi connectivity index (χ1v) is 8.57. The molecule has 0 spiro atoms. The van der Waals surface area contributed by atoms with Crippen LogP contribution in [0.5, 0.6) is 0 Å². The molecule has 4 nitrogen and oxygen atoms in total. The molecule has 2 atom stereocenters. The molecule has 0 bridgehead atoms. The molecular weight excluding hydrogens is 377 g/mol. The topological polar surface area (TPSA) is 55.7 Å². The molecule has 1 aromatic carbocycles. The summed E-state index contributed by atoms with van der Waals surface area (Å²) in [5.41, 5.74) is 2.45. The van der Waals surface area contributed by atoms with Gasteiger partial charge >= 0.3 is 5.97 Å². The quantitative estimate of drug-likeness (QED) is 0.714. The Bertz CT molecular complexity index is 784. The number of carbonyl (C=O) groups is 2. The maximum absolute atomic E-state index is 13.6. The Morgan fingerprint density at radius 1 is 1.33 bits per heavy atom. The molecule has 6 heteroatoms. The summed E-state index contributed by atoms with van der Waals surface area (Å²) in [6.07, 6.45) is 1.98. The number of halogens is 2. The molecule has 1 aromatic rings. The van der Waals surface area contributed by atoms with Crippen LogP contribution in [0.3, 0.4) is 0 Å². The summed E-state index contributed by atoms with van der Waals surface area (Å²) >= 11 is 3.18. The second kappa shape index (κ2) is 6.59. The fraction of sp³-hybridized carbons (Fsp3) is 0.389. The van der Waals surface area contributed by atoms with Crippen molar-refractivity contribution in [3.05, 3.63) is 45.3 Å². The Morgan fingerprint density at radius 3 is 2.75 bits per heavy atom. The van der Waals surface area contributed by atoms with Crippen LogP contribution in [-0.4, -0.2) is 24.6 Å². The second-order valence-electron chi connectivity index (χ2n) is 6.04. The minimum Gasteiger partial charge on any atom is -0.466 e. The number of ether oxygens (including phenoxy) is 1. The van der Waals surface area contributed by atoms with Crippen molar-refractivity contribution in [2.75, 3.05) is 7.11 Å². The SMILES string of the molecule is COC(=O)C1=C(C)N=C2CCCC(=O)C2[C@H]1c1ccc(F)c(Br)c1. The average molecular weight is 394 g/mol. The Hall–Kier alpha value is -1.82. The molecule has 126 valence electrons. The lowest BCUT2D eigenvalue weighted by atomic mass is 9.69. The van der Waals surface area contributed by atoms with E-state index in [0.717, 1.165) is 18.6 Å². The van der Waals surface area contributed by atoms with E-state index in [1.807, 2.05) is 0 Å². The van der Waals surface area contributed by atoms with Crippen molar-refractivity contribution in [1.82, 2.24) is 0 Å². The van der Waals surface area contributed by atoms with Gasteiger partial charge in [0.15, 0.2) is 0 Å². The monoisotopic (exact) mass is 393 g/mol. The van der Waals surface area contributed by atoms with Gasteiger partial charge in [-0.15, -0.1) is 0 Å². The van der Waals surface area contributed by atoms with Crippen LogP contribution in [0.2, 0.25) is 0 Å². The minimum atomic E-state index is -0.501. The molecule has 0 N–H and O–H groups in total. The van der Waals surface area contributed by atoms with Crippen LogP contribution in [0.15, 0.2) is 38.9 Å². The fourth-order valence-corrected chi connectivity index (χ4v) is 3.96. The molecule has 1 saturated carbocycles. The number of hydrogen-bond donors (Lipinski definition) is 0. The number of fused-ring (bicyclic) bond motifs is 1. The van der Waals surface area contributed by atoms with Crippen molar-refractivity contribution in [2.24, 2.45) is 10.9 Å². The van der Waals surface area contributed by atoms with Crippen LogP contribution < -0.4 is 0 Å². The molecule has 1 aliphatic heterocycles. The van der Waals surface area contributed by atoms with Crippen LogP contribution >= 0.6 is 15.9 Å². The molecule has 0 aromatic heterocycles. The highest BCUT2D eigenvalue weighted by Crippen LogP contribution is 2.43. The first-order chi connectivity index (χ1) is 11.4. The van der Waals surface area contributed by atoms with Crippen molar-refractivity contribution in [2.45, 2.75) is 32.1 Å². The number of esters is 1. The number of nitrogens with zero attached hydrogens (tertiary/aromatic N) is 1. The van der Waals surface area contributed by atoms with Gasteiger partial charge in [0.1, 0.15) is 11.6 Å². The van der Waals surface area contributed by atoms with Crippen LogP contribution in [0, 0.1) is 11.7 Å². The molecule has 0 amide bonds. The molecule has 1 heterocycles. The molecule has 1 aliphatic carbocycles. The number of aliphatic imine (C=N–C) groups is 1. The van der Waals surface area contributed by atoms with E-state index in [0.29, 0.717) is 27.7 Å². The number of ketones is 1.